The number of aliphatic imine (C=N–C) groups is 1. The lowest BCUT2D eigenvalue weighted by molar-refractivity contribution is 1.05. The minimum atomic E-state index is 0.227. The molecule has 1 heterocycles. The number of halogens is 2. The maximum atomic E-state index is 5.35. The average molecular weight is 177 g/mol. The lowest BCUT2D eigenvalue weighted by Crippen LogP contribution is -1.87. The van der Waals surface area contributed by atoms with Gasteiger partial charge in [0.1, 0.15) is 10.8 Å². The van der Waals surface area contributed by atoms with Gasteiger partial charge in [0, 0.05) is 6.42 Å². The second-order valence-corrected chi connectivity index (χ2v) is 2.58. The van der Waals surface area contributed by atoms with Crippen LogP contribution in [0.5, 0.6) is 0 Å². The Morgan fingerprint density at radius 2 is 2.40 bits per heavy atom. The Morgan fingerprint density at radius 1 is 1.60 bits per heavy atom. The van der Waals surface area contributed by atoms with Crippen molar-refractivity contribution in [1.82, 2.24) is 5.43 Å². The molecule has 0 spiro atoms. The number of rotatable bonds is 2. The minimum Gasteiger partial charge on any atom is -0.217 e. The SMILES string of the molecule is ClC(Cl)=CCC1=N[N]C=N1. The van der Waals surface area contributed by atoms with Gasteiger partial charge in [0.25, 0.3) is 0 Å². The number of amidine groups is 1. The summed E-state index contributed by atoms with van der Waals surface area (Å²) in [4.78, 5) is 3.80. The summed E-state index contributed by atoms with van der Waals surface area (Å²) in [6.07, 6.45) is 3.52. The van der Waals surface area contributed by atoms with Gasteiger partial charge in [-0.2, -0.15) is 0 Å². The molecule has 0 aromatic carbocycles. The van der Waals surface area contributed by atoms with E-state index in [9.17, 15) is 0 Å². The Kier molecular flexibility index (Phi) is 2.71. The Balaban J connectivity index is 2.39. The molecule has 1 aliphatic rings. The molecule has 10 heavy (non-hydrogen) atoms. The molecule has 0 fully saturated rings. The molecule has 53 valence electrons. The second kappa shape index (κ2) is 3.58. The first-order valence-electron chi connectivity index (χ1n) is 2.59. The predicted molar refractivity (Wildman–Crippen MR) is 42.5 cm³/mol. The highest BCUT2D eigenvalue weighted by Gasteiger charge is 1.98. The van der Waals surface area contributed by atoms with Gasteiger partial charge in [-0.3, -0.25) is 0 Å². The maximum Gasteiger partial charge on any atom is 0.156 e. The number of hydrogen-bond donors (Lipinski definition) is 0. The van der Waals surface area contributed by atoms with E-state index in [-0.39, 0.29) is 4.49 Å². The summed E-state index contributed by atoms with van der Waals surface area (Å²) < 4.78 is 0.227. The van der Waals surface area contributed by atoms with Crippen LogP contribution in [0, 0.1) is 0 Å². The molecule has 1 radical (unpaired) electrons. The zero-order chi connectivity index (χ0) is 7.40. The van der Waals surface area contributed by atoms with Crippen molar-refractivity contribution in [3.63, 3.8) is 0 Å². The molecule has 0 bridgehead atoms. The van der Waals surface area contributed by atoms with Crippen LogP contribution in [-0.2, 0) is 0 Å². The molecule has 0 aromatic heterocycles. The third kappa shape index (κ3) is 2.37. The third-order valence-corrected chi connectivity index (χ3v) is 1.18. The highest BCUT2D eigenvalue weighted by Crippen LogP contribution is 2.08. The fourth-order valence-electron chi connectivity index (χ4n) is 0.473. The van der Waals surface area contributed by atoms with Crippen LogP contribution >= 0.6 is 23.2 Å². The first kappa shape index (κ1) is 7.57. The zero-order valence-electron chi connectivity index (χ0n) is 4.96. The van der Waals surface area contributed by atoms with Gasteiger partial charge in [-0.25, -0.2) is 4.99 Å². The van der Waals surface area contributed by atoms with Crippen LogP contribution in [0.4, 0.5) is 0 Å². The molecule has 0 saturated carbocycles. The van der Waals surface area contributed by atoms with E-state index in [0.29, 0.717) is 12.3 Å². The van der Waals surface area contributed by atoms with Crippen molar-refractivity contribution in [2.45, 2.75) is 6.42 Å². The quantitative estimate of drug-likeness (QED) is 0.615. The van der Waals surface area contributed by atoms with Crippen LogP contribution in [0.25, 0.3) is 0 Å². The normalized spacial score (nSPS) is 14.4. The van der Waals surface area contributed by atoms with E-state index in [2.05, 4.69) is 15.5 Å². The first-order valence-corrected chi connectivity index (χ1v) is 3.35. The van der Waals surface area contributed by atoms with Crippen LogP contribution in [0.15, 0.2) is 20.7 Å². The smallest absolute Gasteiger partial charge is 0.156 e. The summed E-state index contributed by atoms with van der Waals surface area (Å²) in [6, 6.07) is 0. The summed E-state index contributed by atoms with van der Waals surface area (Å²) in [6.45, 7) is 0. The van der Waals surface area contributed by atoms with Crippen LogP contribution in [-0.4, -0.2) is 12.2 Å². The summed E-state index contributed by atoms with van der Waals surface area (Å²) in [5.74, 6) is 0.624. The Morgan fingerprint density at radius 3 is 2.90 bits per heavy atom. The molecular weight excluding hydrogens is 173 g/mol. The van der Waals surface area contributed by atoms with E-state index in [0.717, 1.165) is 0 Å². The van der Waals surface area contributed by atoms with Gasteiger partial charge in [-0.05, 0) is 6.08 Å². The molecular formula is C5H4Cl2N3. The largest absolute Gasteiger partial charge is 0.217 e. The van der Waals surface area contributed by atoms with Crippen molar-refractivity contribution < 1.29 is 0 Å². The Bertz CT molecular complexity index is 203. The molecule has 3 nitrogen and oxygen atoms in total. The van der Waals surface area contributed by atoms with E-state index >= 15 is 0 Å². The van der Waals surface area contributed by atoms with Gasteiger partial charge in [-0.1, -0.05) is 23.2 Å². The Labute approximate surface area is 68.4 Å². The first-order chi connectivity index (χ1) is 4.79. The van der Waals surface area contributed by atoms with E-state index in [4.69, 9.17) is 23.2 Å². The highest BCUT2D eigenvalue weighted by atomic mass is 35.5. The van der Waals surface area contributed by atoms with Crippen LogP contribution in [0.1, 0.15) is 6.42 Å². The minimum absolute atomic E-state index is 0.227. The van der Waals surface area contributed by atoms with Gasteiger partial charge in [0.15, 0.2) is 5.84 Å². The topological polar surface area (TPSA) is 38.8 Å². The van der Waals surface area contributed by atoms with Crippen LogP contribution in [0.2, 0.25) is 0 Å². The van der Waals surface area contributed by atoms with Gasteiger partial charge < -0.3 is 0 Å². The molecule has 0 atom stereocenters. The molecule has 0 aromatic rings. The van der Waals surface area contributed by atoms with Crippen molar-refractivity contribution in [2.24, 2.45) is 10.1 Å². The second-order valence-electron chi connectivity index (χ2n) is 1.57. The molecule has 5 heteroatoms. The molecule has 0 amide bonds. The number of nitrogens with zero attached hydrogens (tertiary/aromatic N) is 3. The van der Waals surface area contributed by atoms with E-state index in [1.54, 1.807) is 6.08 Å². The molecule has 0 aliphatic carbocycles. The average Bonchev–Trinajstić information content (AvgIpc) is 2.34. The lowest BCUT2D eigenvalue weighted by Gasteiger charge is -1.85. The van der Waals surface area contributed by atoms with Crippen molar-refractivity contribution in [3.8, 4) is 0 Å². The van der Waals surface area contributed by atoms with Gasteiger partial charge in [-0.15, -0.1) is 10.5 Å². The van der Waals surface area contributed by atoms with Crippen LogP contribution in [0.3, 0.4) is 0 Å². The van der Waals surface area contributed by atoms with Gasteiger partial charge in [0.05, 0.1) is 0 Å². The van der Waals surface area contributed by atoms with E-state index in [1.807, 2.05) is 0 Å². The summed E-state index contributed by atoms with van der Waals surface area (Å²) in [5, 5.41) is 3.67. The molecule has 0 N–H and O–H groups in total. The fraction of sp³-hybridized carbons (Fsp3) is 0.200. The predicted octanol–water partition coefficient (Wildman–Crippen LogP) is 1.66. The fourth-order valence-corrected chi connectivity index (χ4v) is 0.627. The Hall–Kier alpha value is -0.540. The summed E-state index contributed by atoms with van der Waals surface area (Å²) >= 11 is 10.7. The van der Waals surface area contributed by atoms with Crippen molar-refractivity contribution in [2.75, 3.05) is 0 Å². The molecule has 0 saturated heterocycles. The summed E-state index contributed by atoms with van der Waals surface area (Å²) in [7, 11) is 0. The monoisotopic (exact) mass is 176 g/mol. The van der Waals surface area contributed by atoms with Crippen molar-refractivity contribution in [3.05, 3.63) is 10.6 Å². The molecule has 1 rings (SSSR count). The standard InChI is InChI=1S/C5H4Cl2N3/c6-4(7)1-2-5-8-3-9-10-5/h1,3H,2H2. The molecule has 1 aliphatic heterocycles. The lowest BCUT2D eigenvalue weighted by atomic mass is 10.4. The van der Waals surface area contributed by atoms with Gasteiger partial charge in [0.2, 0.25) is 0 Å². The third-order valence-electron chi connectivity index (χ3n) is 0.871. The number of hydrogen-bond acceptors (Lipinski definition) is 2. The zero-order valence-corrected chi connectivity index (χ0v) is 6.47. The van der Waals surface area contributed by atoms with Crippen molar-refractivity contribution in [1.29, 1.82) is 0 Å². The van der Waals surface area contributed by atoms with E-state index < -0.39 is 0 Å². The van der Waals surface area contributed by atoms with Gasteiger partial charge >= 0.3 is 0 Å². The van der Waals surface area contributed by atoms with Crippen LogP contribution < -0.4 is 5.43 Å². The molecule has 0 unspecified atom stereocenters. The highest BCUT2D eigenvalue weighted by molar-refractivity contribution is 6.55. The van der Waals surface area contributed by atoms with Crippen molar-refractivity contribution >= 4 is 35.4 Å². The van der Waals surface area contributed by atoms with E-state index in [1.165, 1.54) is 6.34 Å². The summed E-state index contributed by atoms with van der Waals surface area (Å²) in [5.41, 5.74) is 3.52. The maximum absolute atomic E-state index is 5.35.